The summed E-state index contributed by atoms with van der Waals surface area (Å²) in [6.45, 7) is 5.78. The van der Waals surface area contributed by atoms with Crippen molar-refractivity contribution in [3.8, 4) is 11.1 Å². The monoisotopic (exact) mass is 422 g/mol. The van der Waals surface area contributed by atoms with E-state index in [0.717, 1.165) is 54.5 Å². The Morgan fingerprint density at radius 3 is 2.45 bits per heavy atom. The number of hydrogen-bond acceptors (Lipinski definition) is 6. The van der Waals surface area contributed by atoms with Crippen molar-refractivity contribution in [1.82, 2.24) is 19.8 Å². The summed E-state index contributed by atoms with van der Waals surface area (Å²) >= 11 is 3.30. The summed E-state index contributed by atoms with van der Waals surface area (Å²) in [5, 5.41) is 7.10. The van der Waals surface area contributed by atoms with E-state index >= 15 is 0 Å². The number of rotatable bonds is 5. The Morgan fingerprint density at radius 2 is 1.72 bits per heavy atom. The molecule has 0 saturated carbocycles. The zero-order valence-electron chi connectivity index (χ0n) is 16.0. The SMILES string of the molecule is O=c1[nH]c(CN2CCN(Cc3ccsc3)CC2)nc2scc(-c3ccccc3)c12. The minimum Gasteiger partial charge on any atom is -0.309 e. The van der Waals surface area contributed by atoms with Crippen LogP contribution in [-0.2, 0) is 13.1 Å². The van der Waals surface area contributed by atoms with Crippen LogP contribution in [0.5, 0.6) is 0 Å². The van der Waals surface area contributed by atoms with Crippen molar-refractivity contribution in [3.05, 3.63) is 74.3 Å². The minimum atomic E-state index is -0.0406. The third kappa shape index (κ3) is 4.04. The minimum absolute atomic E-state index is 0.0406. The maximum Gasteiger partial charge on any atom is 0.260 e. The van der Waals surface area contributed by atoms with Gasteiger partial charge in [-0.1, -0.05) is 30.3 Å². The summed E-state index contributed by atoms with van der Waals surface area (Å²) in [4.78, 5) is 26.3. The van der Waals surface area contributed by atoms with Crippen molar-refractivity contribution >= 4 is 32.9 Å². The number of nitrogens with zero attached hydrogens (tertiary/aromatic N) is 3. The molecule has 3 aromatic heterocycles. The van der Waals surface area contributed by atoms with Gasteiger partial charge in [0.25, 0.3) is 5.56 Å². The van der Waals surface area contributed by atoms with Crippen LogP contribution in [0, 0.1) is 0 Å². The number of benzene rings is 1. The molecule has 1 saturated heterocycles. The number of fused-ring (bicyclic) bond motifs is 1. The lowest BCUT2D eigenvalue weighted by molar-refractivity contribution is 0.120. The van der Waals surface area contributed by atoms with Gasteiger partial charge in [-0.25, -0.2) is 4.98 Å². The quantitative estimate of drug-likeness (QED) is 0.528. The van der Waals surface area contributed by atoms with Gasteiger partial charge in [-0.2, -0.15) is 11.3 Å². The first-order chi connectivity index (χ1) is 14.3. The van der Waals surface area contributed by atoms with Crippen LogP contribution in [0.15, 0.2) is 57.3 Å². The molecular weight excluding hydrogens is 400 g/mol. The lowest BCUT2D eigenvalue weighted by Gasteiger charge is -2.34. The maximum absolute atomic E-state index is 12.8. The van der Waals surface area contributed by atoms with Crippen LogP contribution >= 0.6 is 22.7 Å². The largest absolute Gasteiger partial charge is 0.309 e. The van der Waals surface area contributed by atoms with E-state index in [9.17, 15) is 4.79 Å². The number of nitrogens with one attached hydrogen (secondary N) is 1. The Labute approximate surface area is 177 Å². The van der Waals surface area contributed by atoms with Gasteiger partial charge in [0.1, 0.15) is 10.7 Å². The first-order valence-corrected chi connectivity index (χ1v) is 11.6. The van der Waals surface area contributed by atoms with Gasteiger partial charge in [0.05, 0.1) is 11.9 Å². The Bertz CT molecular complexity index is 1140. The molecule has 1 aromatic carbocycles. The van der Waals surface area contributed by atoms with Crippen LogP contribution in [0.4, 0.5) is 0 Å². The number of aromatic amines is 1. The third-order valence-electron chi connectivity index (χ3n) is 5.40. The van der Waals surface area contributed by atoms with Gasteiger partial charge < -0.3 is 4.98 Å². The fourth-order valence-electron chi connectivity index (χ4n) is 3.86. The number of thiophene rings is 2. The first-order valence-electron chi connectivity index (χ1n) is 9.78. The van der Waals surface area contributed by atoms with E-state index < -0.39 is 0 Å². The molecule has 1 aliphatic heterocycles. The van der Waals surface area contributed by atoms with Crippen LogP contribution in [-0.4, -0.2) is 45.9 Å². The van der Waals surface area contributed by atoms with E-state index in [2.05, 4.69) is 31.6 Å². The standard InChI is InChI=1S/C22H22N4OS2/c27-21-20-18(17-4-2-1-3-5-17)15-29-22(20)24-19(23-21)13-26-9-7-25(8-10-26)12-16-6-11-28-14-16/h1-6,11,14-15H,7-10,12-13H2,(H,23,24,27). The summed E-state index contributed by atoms with van der Waals surface area (Å²) in [5.74, 6) is 0.759. The second kappa shape index (κ2) is 8.20. The van der Waals surface area contributed by atoms with Crippen LogP contribution in [0.2, 0.25) is 0 Å². The summed E-state index contributed by atoms with van der Waals surface area (Å²) in [7, 11) is 0. The van der Waals surface area contributed by atoms with Crippen LogP contribution in [0.1, 0.15) is 11.4 Å². The molecule has 148 valence electrons. The summed E-state index contributed by atoms with van der Waals surface area (Å²) < 4.78 is 0. The summed E-state index contributed by atoms with van der Waals surface area (Å²) in [6.07, 6.45) is 0. The van der Waals surface area contributed by atoms with Crippen molar-refractivity contribution in [2.75, 3.05) is 26.2 Å². The van der Waals surface area contributed by atoms with Crippen molar-refractivity contribution in [2.45, 2.75) is 13.1 Å². The molecule has 29 heavy (non-hydrogen) atoms. The van der Waals surface area contributed by atoms with Crippen LogP contribution in [0.3, 0.4) is 0 Å². The van der Waals surface area contributed by atoms with Crippen molar-refractivity contribution in [3.63, 3.8) is 0 Å². The molecule has 0 aliphatic carbocycles. The summed E-state index contributed by atoms with van der Waals surface area (Å²) in [6, 6.07) is 12.2. The van der Waals surface area contributed by atoms with Gasteiger partial charge >= 0.3 is 0 Å². The normalized spacial score (nSPS) is 15.9. The van der Waals surface area contributed by atoms with Gasteiger partial charge in [0.15, 0.2) is 0 Å². The highest BCUT2D eigenvalue weighted by molar-refractivity contribution is 7.17. The molecule has 5 rings (SSSR count). The van der Waals surface area contributed by atoms with E-state index in [4.69, 9.17) is 4.98 Å². The Hall–Kier alpha value is -2.32. The van der Waals surface area contributed by atoms with Gasteiger partial charge in [-0.3, -0.25) is 14.6 Å². The van der Waals surface area contributed by atoms with Crippen molar-refractivity contribution < 1.29 is 0 Å². The first kappa shape index (κ1) is 18.7. The summed E-state index contributed by atoms with van der Waals surface area (Å²) in [5.41, 5.74) is 3.38. The molecule has 4 aromatic rings. The molecule has 1 aliphatic rings. The second-order valence-electron chi connectivity index (χ2n) is 7.39. The number of piperazine rings is 1. The lowest BCUT2D eigenvalue weighted by Crippen LogP contribution is -2.45. The molecule has 4 heterocycles. The third-order valence-corrected chi connectivity index (χ3v) is 7.01. The van der Waals surface area contributed by atoms with Gasteiger partial charge in [-0.05, 0) is 28.0 Å². The zero-order chi connectivity index (χ0) is 19.6. The number of H-pyrrole nitrogens is 1. The molecule has 1 fully saturated rings. The fraction of sp³-hybridized carbons (Fsp3) is 0.273. The predicted molar refractivity (Wildman–Crippen MR) is 121 cm³/mol. The molecule has 0 atom stereocenters. The van der Waals surface area contributed by atoms with Crippen molar-refractivity contribution in [2.24, 2.45) is 0 Å². The van der Waals surface area contributed by atoms with Crippen molar-refractivity contribution in [1.29, 1.82) is 0 Å². The Morgan fingerprint density at radius 1 is 0.966 bits per heavy atom. The Kier molecular flexibility index (Phi) is 5.28. The molecule has 0 spiro atoms. The van der Waals surface area contributed by atoms with Crippen LogP contribution in [0.25, 0.3) is 21.3 Å². The van der Waals surface area contributed by atoms with Gasteiger partial charge in [-0.15, -0.1) is 11.3 Å². The molecular formula is C22H22N4OS2. The average molecular weight is 423 g/mol. The molecule has 0 radical (unpaired) electrons. The zero-order valence-corrected chi connectivity index (χ0v) is 17.6. The Balaban J connectivity index is 1.29. The molecule has 0 bridgehead atoms. The topological polar surface area (TPSA) is 52.2 Å². The highest BCUT2D eigenvalue weighted by Crippen LogP contribution is 2.30. The molecule has 1 N–H and O–H groups in total. The molecule has 0 unspecified atom stereocenters. The van der Waals surface area contributed by atoms with E-state index in [-0.39, 0.29) is 5.56 Å². The maximum atomic E-state index is 12.8. The average Bonchev–Trinajstić information content (AvgIpc) is 3.40. The smallest absolute Gasteiger partial charge is 0.260 e. The van der Waals surface area contributed by atoms with E-state index in [1.807, 2.05) is 35.7 Å². The van der Waals surface area contributed by atoms with E-state index in [1.165, 1.54) is 5.56 Å². The van der Waals surface area contributed by atoms with E-state index in [0.29, 0.717) is 11.9 Å². The van der Waals surface area contributed by atoms with Gasteiger partial charge in [0, 0.05) is 43.7 Å². The van der Waals surface area contributed by atoms with Crippen LogP contribution < -0.4 is 5.56 Å². The lowest BCUT2D eigenvalue weighted by atomic mass is 10.1. The fourth-order valence-corrected chi connectivity index (χ4v) is 5.48. The number of hydrogen-bond donors (Lipinski definition) is 1. The number of aromatic nitrogens is 2. The molecule has 0 amide bonds. The highest BCUT2D eigenvalue weighted by atomic mass is 32.1. The van der Waals surface area contributed by atoms with E-state index in [1.54, 1.807) is 22.7 Å². The molecule has 5 nitrogen and oxygen atoms in total. The van der Waals surface area contributed by atoms with Gasteiger partial charge in [0.2, 0.25) is 0 Å². The molecule has 7 heteroatoms. The highest BCUT2D eigenvalue weighted by Gasteiger charge is 2.19. The second-order valence-corrected chi connectivity index (χ2v) is 9.03. The predicted octanol–water partition coefficient (Wildman–Crippen LogP) is 4.03.